The molecule has 1 atom stereocenters. The monoisotopic (exact) mass is 253 g/mol. The fourth-order valence-corrected chi connectivity index (χ4v) is 1.58. The Hall–Kier alpha value is -1.85. The van der Waals surface area contributed by atoms with Crippen molar-refractivity contribution in [1.29, 1.82) is 0 Å². The van der Waals surface area contributed by atoms with Gasteiger partial charge in [0.05, 0.1) is 13.4 Å². The van der Waals surface area contributed by atoms with Crippen LogP contribution in [0, 0.1) is 5.92 Å². The van der Waals surface area contributed by atoms with Crippen LogP contribution in [0.2, 0.25) is 0 Å². The molecule has 0 aliphatic rings. The molecule has 18 heavy (non-hydrogen) atoms. The number of hydrogen-bond acceptors (Lipinski definition) is 4. The highest BCUT2D eigenvalue weighted by molar-refractivity contribution is 5.84. The molecule has 6 nitrogen and oxygen atoms in total. The van der Waals surface area contributed by atoms with E-state index in [1.54, 1.807) is 6.20 Å². The maximum atomic E-state index is 11.7. The van der Waals surface area contributed by atoms with E-state index in [-0.39, 0.29) is 11.8 Å². The van der Waals surface area contributed by atoms with Crippen molar-refractivity contribution in [2.45, 2.75) is 32.7 Å². The summed E-state index contributed by atoms with van der Waals surface area (Å²) in [4.78, 5) is 30.0. The number of nitrogens with zero attached hydrogens (tertiary/aromatic N) is 1. The minimum absolute atomic E-state index is 0.153. The molecule has 0 aliphatic carbocycles. The second-order valence-electron chi connectivity index (χ2n) is 4.52. The van der Waals surface area contributed by atoms with Crippen LogP contribution in [-0.4, -0.2) is 35.0 Å². The number of carbonyl (C=O) groups is 2. The number of hydrogen-bond donors (Lipinski definition) is 2. The zero-order valence-corrected chi connectivity index (χ0v) is 10.9. The molecule has 1 aromatic heterocycles. The van der Waals surface area contributed by atoms with Crippen molar-refractivity contribution in [2.75, 3.05) is 7.11 Å². The van der Waals surface area contributed by atoms with Crippen LogP contribution in [0.5, 0.6) is 0 Å². The number of amides is 1. The quantitative estimate of drug-likeness (QED) is 0.729. The van der Waals surface area contributed by atoms with Crippen molar-refractivity contribution in [2.24, 2.45) is 5.92 Å². The third-order valence-electron chi connectivity index (χ3n) is 2.39. The van der Waals surface area contributed by atoms with E-state index >= 15 is 0 Å². The van der Waals surface area contributed by atoms with Crippen LogP contribution in [0.25, 0.3) is 0 Å². The second-order valence-corrected chi connectivity index (χ2v) is 4.52. The standard InChI is InChI=1S/C12H19N3O3/c1-8(2)4-11(16)15-10(12(17)18-3)5-9-6-13-7-14-9/h6-8,10H,4-5H2,1-3H3,(H,13,14)(H,15,16). The first-order valence-corrected chi connectivity index (χ1v) is 5.87. The van der Waals surface area contributed by atoms with E-state index in [2.05, 4.69) is 20.0 Å². The molecule has 1 heterocycles. The number of rotatable bonds is 6. The summed E-state index contributed by atoms with van der Waals surface area (Å²) in [7, 11) is 1.30. The zero-order chi connectivity index (χ0) is 13.5. The van der Waals surface area contributed by atoms with E-state index < -0.39 is 12.0 Å². The van der Waals surface area contributed by atoms with Gasteiger partial charge in [0, 0.05) is 24.7 Å². The molecule has 1 rings (SSSR count). The molecule has 0 saturated heterocycles. The van der Waals surface area contributed by atoms with Gasteiger partial charge in [0.2, 0.25) is 5.91 Å². The number of imidazole rings is 1. The molecular formula is C12H19N3O3. The van der Waals surface area contributed by atoms with Gasteiger partial charge in [-0.2, -0.15) is 0 Å². The third kappa shape index (κ3) is 4.57. The molecule has 1 unspecified atom stereocenters. The van der Waals surface area contributed by atoms with Crippen LogP contribution in [0.1, 0.15) is 26.0 Å². The highest BCUT2D eigenvalue weighted by Gasteiger charge is 2.22. The number of ether oxygens (including phenoxy) is 1. The van der Waals surface area contributed by atoms with E-state index in [0.717, 1.165) is 5.69 Å². The van der Waals surface area contributed by atoms with E-state index in [0.29, 0.717) is 12.8 Å². The Morgan fingerprint density at radius 1 is 1.50 bits per heavy atom. The smallest absolute Gasteiger partial charge is 0.328 e. The summed E-state index contributed by atoms with van der Waals surface area (Å²) in [6.07, 6.45) is 3.87. The minimum atomic E-state index is -0.679. The third-order valence-corrected chi connectivity index (χ3v) is 2.39. The fraction of sp³-hybridized carbons (Fsp3) is 0.583. The molecule has 2 N–H and O–H groups in total. The van der Waals surface area contributed by atoms with E-state index in [4.69, 9.17) is 0 Å². The lowest BCUT2D eigenvalue weighted by Crippen LogP contribution is -2.43. The van der Waals surface area contributed by atoms with Crippen molar-refractivity contribution >= 4 is 11.9 Å². The lowest BCUT2D eigenvalue weighted by molar-refractivity contribution is -0.145. The van der Waals surface area contributed by atoms with Crippen LogP contribution in [0.3, 0.4) is 0 Å². The number of carbonyl (C=O) groups excluding carboxylic acids is 2. The van der Waals surface area contributed by atoms with Crippen LogP contribution in [0.15, 0.2) is 12.5 Å². The van der Waals surface area contributed by atoms with Gasteiger partial charge in [0.15, 0.2) is 0 Å². The van der Waals surface area contributed by atoms with Crippen LogP contribution in [0.4, 0.5) is 0 Å². The highest BCUT2D eigenvalue weighted by atomic mass is 16.5. The van der Waals surface area contributed by atoms with Gasteiger partial charge in [-0.3, -0.25) is 4.79 Å². The van der Waals surface area contributed by atoms with E-state index in [1.165, 1.54) is 13.4 Å². The van der Waals surface area contributed by atoms with Gasteiger partial charge in [0.1, 0.15) is 6.04 Å². The summed E-state index contributed by atoms with van der Waals surface area (Å²) in [6.45, 7) is 3.89. The molecule has 0 fully saturated rings. The SMILES string of the molecule is COC(=O)C(Cc1cnc[nH]1)NC(=O)CC(C)C. The number of aromatic amines is 1. The number of esters is 1. The normalized spacial score (nSPS) is 12.2. The van der Waals surface area contributed by atoms with Gasteiger partial charge in [0.25, 0.3) is 0 Å². The number of aromatic nitrogens is 2. The molecule has 1 amide bonds. The van der Waals surface area contributed by atoms with Gasteiger partial charge in [-0.15, -0.1) is 0 Å². The topological polar surface area (TPSA) is 84.1 Å². The Bertz CT molecular complexity index is 387. The minimum Gasteiger partial charge on any atom is -0.467 e. The van der Waals surface area contributed by atoms with E-state index in [1.807, 2.05) is 13.8 Å². The maximum Gasteiger partial charge on any atom is 0.328 e. The lowest BCUT2D eigenvalue weighted by Gasteiger charge is -2.16. The Balaban J connectivity index is 2.61. The molecule has 0 aromatic carbocycles. The summed E-state index contributed by atoms with van der Waals surface area (Å²) in [6, 6.07) is -0.679. The first-order chi connectivity index (χ1) is 8.52. The van der Waals surface area contributed by atoms with Gasteiger partial charge in [-0.1, -0.05) is 13.8 Å². The molecular weight excluding hydrogens is 234 g/mol. The van der Waals surface area contributed by atoms with Crippen molar-refractivity contribution in [3.05, 3.63) is 18.2 Å². The molecule has 0 aliphatic heterocycles. The first kappa shape index (κ1) is 14.2. The van der Waals surface area contributed by atoms with Gasteiger partial charge in [-0.05, 0) is 5.92 Å². The fourth-order valence-electron chi connectivity index (χ4n) is 1.58. The molecule has 0 bridgehead atoms. The largest absolute Gasteiger partial charge is 0.467 e. The van der Waals surface area contributed by atoms with Crippen molar-refractivity contribution < 1.29 is 14.3 Å². The predicted octanol–water partition coefficient (Wildman–Crippen LogP) is 0.656. The Kier molecular flexibility index (Phi) is 5.35. The van der Waals surface area contributed by atoms with Gasteiger partial charge >= 0.3 is 5.97 Å². The van der Waals surface area contributed by atoms with Crippen molar-refractivity contribution in [1.82, 2.24) is 15.3 Å². The molecule has 6 heteroatoms. The lowest BCUT2D eigenvalue weighted by atomic mass is 10.1. The highest BCUT2D eigenvalue weighted by Crippen LogP contribution is 2.03. The summed E-state index contributed by atoms with van der Waals surface area (Å²) in [5.74, 6) is -0.364. The second kappa shape index (κ2) is 6.78. The maximum absolute atomic E-state index is 11.7. The number of methoxy groups -OCH3 is 1. The van der Waals surface area contributed by atoms with Crippen LogP contribution in [-0.2, 0) is 20.7 Å². The van der Waals surface area contributed by atoms with Gasteiger partial charge in [-0.25, -0.2) is 9.78 Å². The van der Waals surface area contributed by atoms with Crippen LogP contribution < -0.4 is 5.32 Å². The van der Waals surface area contributed by atoms with E-state index in [9.17, 15) is 9.59 Å². The average Bonchev–Trinajstić information content (AvgIpc) is 2.78. The Labute approximate surface area is 106 Å². The van der Waals surface area contributed by atoms with Crippen LogP contribution >= 0.6 is 0 Å². The Morgan fingerprint density at radius 2 is 2.22 bits per heavy atom. The zero-order valence-electron chi connectivity index (χ0n) is 10.9. The number of H-pyrrole nitrogens is 1. The molecule has 0 radical (unpaired) electrons. The molecule has 100 valence electrons. The molecule has 0 saturated carbocycles. The van der Waals surface area contributed by atoms with Crippen molar-refractivity contribution in [3.8, 4) is 0 Å². The molecule has 1 aromatic rings. The Morgan fingerprint density at radius 3 is 2.72 bits per heavy atom. The summed E-state index contributed by atoms with van der Waals surface area (Å²) in [5.41, 5.74) is 0.773. The average molecular weight is 253 g/mol. The van der Waals surface area contributed by atoms with Gasteiger partial charge < -0.3 is 15.0 Å². The summed E-state index contributed by atoms with van der Waals surface area (Å²) in [5, 5.41) is 2.68. The summed E-state index contributed by atoms with van der Waals surface area (Å²) < 4.78 is 4.68. The number of nitrogens with one attached hydrogen (secondary N) is 2. The summed E-state index contributed by atoms with van der Waals surface area (Å²) >= 11 is 0. The molecule has 0 spiro atoms. The van der Waals surface area contributed by atoms with Crippen molar-refractivity contribution in [3.63, 3.8) is 0 Å². The predicted molar refractivity (Wildman–Crippen MR) is 65.7 cm³/mol. The first-order valence-electron chi connectivity index (χ1n) is 5.87.